The van der Waals surface area contributed by atoms with Crippen LogP contribution in [0.15, 0.2) is 24.5 Å². The second kappa shape index (κ2) is 2.95. The van der Waals surface area contributed by atoms with E-state index in [2.05, 4.69) is 9.97 Å². The number of rotatable bonds is 1. The van der Waals surface area contributed by atoms with E-state index in [1.54, 1.807) is 0 Å². The molecule has 0 bridgehead atoms. The predicted octanol–water partition coefficient (Wildman–Crippen LogP) is 0.910. The number of anilines is 1. The lowest BCUT2D eigenvalue weighted by molar-refractivity contribution is 0.0698. The molecule has 0 aliphatic heterocycles. The minimum Gasteiger partial charge on any atom is -0.478 e. The summed E-state index contributed by atoms with van der Waals surface area (Å²) < 4.78 is 0. The van der Waals surface area contributed by atoms with Crippen molar-refractivity contribution >= 4 is 22.7 Å². The summed E-state index contributed by atoms with van der Waals surface area (Å²) in [5.74, 6) is -1.06. The molecule has 1 aromatic heterocycles. The standard InChI is InChI=1S/C9H7N3O2/c10-6-4-8-7(11-1-2-12-8)3-5(6)9(13)14/h1-4H,10H2,(H,13,14). The van der Waals surface area contributed by atoms with Crippen LogP contribution in [0.5, 0.6) is 0 Å². The molecule has 0 fully saturated rings. The summed E-state index contributed by atoms with van der Waals surface area (Å²) in [6.07, 6.45) is 3.03. The Balaban J connectivity index is 2.77. The lowest BCUT2D eigenvalue weighted by atomic mass is 10.1. The maximum atomic E-state index is 10.7. The van der Waals surface area contributed by atoms with Crippen molar-refractivity contribution in [3.63, 3.8) is 0 Å². The third-order valence-corrected chi connectivity index (χ3v) is 1.87. The van der Waals surface area contributed by atoms with Gasteiger partial charge in [0.25, 0.3) is 0 Å². The van der Waals surface area contributed by atoms with E-state index in [4.69, 9.17) is 10.8 Å². The number of benzene rings is 1. The van der Waals surface area contributed by atoms with Gasteiger partial charge in [0.15, 0.2) is 0 Å². The average molecular weight is 189 g/mol. The second-order valence-electron chi connectivity index (χ2n) is 2.79. The minimum absolute atomic E-state index is 0.0537. The van der Waals surface area contributed by atoms with Gasteiger partial charge in [0.2, 0.25) is 0 Å². The molecule has 0 aliphatic rings. The number of fused-ring (bicyclic) bond motifs is 1. The highest BCUT2D eigenvalue weighted by Gasteiger charge is 2.09. The van der Waals surface area contributed by atoms with Crippen LogP contribution in [-0.4, -0.2) is 21.0 Å². The van der Waals surface area contributed by atoms with Gasteiger partial charge in [-0.1, -0.05) is 0 Å². The van der Waals surface area contributed by atoms with E-state index >= 15 is 0 Å². The van der Waals surface area contributed by atoms with Crippen LogP contribution in [-0.2, 0) is 0 Å². The fraction of sp³-hybridized carbons (Fsp3) is 0. The zero-order chi connectivity index (χ0) is 10.1. The number of carbonyl (C=O) groups is 1. The molecule has 70 valence electrons. The fourth-order valence-corrected chi connectivity index (χ4v) is 1.21. The van der Waals surface area contributed by atoms with E-state index in [-0.39, 0.29) is 11.3 Å². The normalized spacial score (nSPS) is 10.3. The van der Waals surface area contributed by atoms with Gasteiger partial charge in [-0.25, -0.2) is 4.79 Å². The number of carboxylic acid groups (broad SMARTS) is 1. The van der Waals surface area contributed by atoms with Crippen LogP contribution in [0.2, 0.25) is 0 Å². The van der Waals surface area contributed by atoms with Crippen LogP contribution in [0.3, 0.4) is 0 Å². The Labute approximate surface area is 79.2 Å². The van der Waals surface area contributed by atoms with Gasteiger partial charge in [0, 0.05) is 18.1 Å². The Hall–Kier alpha value is -2.17. The Morgan fingerprint density at radius 1 is 1.21 bits per heavy atom. The van der Waals surface area contributed by atoms with Gasteiger partial charge in [-0.3, -0.25) is 9.97 Å². The summed E-state index contributed by atoms with van der Waals surface area (Å²) >= 11 is 0. The van der Waals surface area contributed by atoms with E-state index in [0.717, 1.165) is 0 Å². The number of nitrogens with two attached hydrogens (primary N) is 1. The van der Waals surface area contributed by atoms with E-state index in [1.807, 2.05) is 0 Å². The third kappa shape index (κ3) is 1.24. The molecule has 0 atom stereocenters. The molecule has 0 aliphatic carbocycles. The molecule has 5 heteroatoms. The Bertz CT molecular complexity index is 510. The highest BCUT2D eigenvalue weighted by molar-refractivity contribution is 5.98. The van der Waals surface area contributed by atoms with Gasteiger partial charge in [0.1, 0.15) is 0 Å². The van der Waals surface area contributed by atoms with Crippen LogP contribution in [0.4, 0.5) is 5.69 Å². The van der Waals surface area contributed by atoms with Gasteiger partial charge in [0.05, 0.1) is 16.6 Å². The van der Waals surface area contributed by atoms with Crippen LogP contribution in [0, 0.1) is 0 Å². The zero-order valence-corrected chi connectivity index (χ0v) is 7.14. The molecule has 0 radical (unpaired) electrons. The summed E-state index contributed by atoms with van der Waals surface area (Å²) in [6.45, 7) is 0. The highest BCUT2D eigenvalue weighted by atomic mass is 16.4. The van der Waals surface area contributed by atoms with Gasteiger partial charge < -0.3 is 10.8 Å². The first-order valence-electron chi connectivity index (χ1n) is 3.92. The number of aromatic nitrogens is 2. The van der Waals surface area contributed by atoms with Crippen molar-refractivity contribution in [1.82, 2.24) is 9.97 Å². The molecule has 1 aromatic carbocycles. The van der Waals surface area contributed by atoms with E-state index in [9.17, 15) is 4.79 Å². The van der Waals surface area contributed by atoms with Crippen molar-refractivity contribution in [2.45, 2.75) is 0 Å². The van der Waals surface area contributed by atoms with Crippen LogP contribution in [0.1, 0.15) is 10.4 Å². The summed E-state index contributed by atoms with van der Waals surface area (Å²) in [4.78, 5) is 18.7. The number of carboxylic acids is 1. The van der Waals surface area contributed by atoms with E-state index in [1.165, 1.54) is 24.5 Å². The van der Waals surface area contributed by atoms with Gasteiger partial charge in [-0.15, -0.1) is 0 Å². The third-order valence-electron chi connectivity index (χ3n) is 1.87. The minimum atomic E-state index is -1.06. The summed E-state index contributed by atoms with van der Waals surface area (Å²) in [5.41, 5.74) is 6.91. The van der Waals surface area contributed by atoms with Crippen molar-refractivity contribution in [2.75, 3.05) is 5.73 Å². The Kier molecular flexibility index (Phi) is 1.78. The van der Waals surface area contributed by atoms with Gasteiger partial charge in [-0.2, -0.15) is 0 Å². The molecule has 0 unspecified atom stereocenters. The molecule has 1 heterocycles. The quantitative estimate of drug-likeness (QED) is 0.651. The van der Waals surface area contributed by atoms with Crippen molar-refractivity contribution < 1.29 is 9.90 Å². The van der Waals surface area contributed by atoms with E-state index in [0.29, 0.717) is 11.0 Å². The topological polar surface area (TPSA) is 89.1 Å². The molecule has 0 saturated heterocycles. The summed E-state index contributed by atoms with van der Waals surface area (Å²) in [6, 6.07) is 2.92. The molecular formula is C9H7N3O2. The fourth-order valence-electron chi connectivity index (χ4n) is 1.21. The summed E-state index contributed by atoms with van der Waals surface area (Å²) in [7, 11) is 0. The first-order valence-corrected chi connectivity index (χ1v) is 3.92. The molecule has 0 amide bonds. The maximum absolute atomic E-state index is 10.7. The number of nitrogen functional groups attached to an aromatic ring is 1. The monoisotopic (exact) mass is 189 g/mol. The smallest absolute Gasteiger partial charge is 0.337 e. The lowest BCUT2D eigenvalue weighted by Gasteiger charge is -2.01. The van der Waals surface area contributed by atoms with Gasteiger partial charge >= 0.3 is 5.97 Å². The number of hydrogen-bond donors (Lipinski definition) is 2. The molecule has 2 aromatic rings. The molecule has 14 heavy (non-hydrogen) atoms. The highest BCUT2D eigenvalue weighted by Crippen LogP contribution is 2.18. The van der Waals surface area contributed by atoms with Crippen molar-refractivity contribution in [2.24, 2.45) is 0 Å². The van der Waals surface area contributed by atoms with Crippen LogP contribution in [0.25, 0.3) is 11.0 Å². The molecule has 3 N–H and O–H groups in total. The SMILES string of the molecule is Nc1cc2nccnc2cc1C(=O)O. The Morgan fingerprint density at radius 2 is 1.79 bits per heavy atom. The second-order valence-corrected chi connectivity index (χ2v) is 2.79. The maximum Gasteiger partial charge on any atom is 0.337 e. The molecule has 5 nitrogen and oxygen atoms in total. The number of nitrogens with zero attached hydrogens (tertiary/aromatic N) is 2. The Morgan fingerprint density at radius 3 is 2.36 bits per heavy atom. The van der Waals surface area contributed by atoms with Crippen molar-refractivity contribution in [3.8, 4) is 0 Å². The van der Waals surface area contributed by atoms with Gasteiger partial charge in [-0.05, 0) is 12.1 Å². The predicted molar refractivity (Wildman–Crippen MR) is 50.9 cm³/mol. The van der Waals surface area contributed by atoms with Crippen LogP contribution < -0.4 is 5.73 Å². The van der Waals surface area contributed by atoms with Crippen LogP contribution >= 0.6 is 0 Å². The first-order chi connectivity index (χ1) is 6.68. The van der Waals surface area contributed by atoms with E-state index < -0.39 is 5.97 Å². The first kappa shape index (κ1) is 8.43. The van der Waals surface area contributed by atoms with Crippen molar-refractivity contribution in [3.05, 3.63) is 30.1 Å². The number of aromatic carboxylic acids is 1. The zero-order valence-electron chi connectivity index (χ0n) is 7.14. The molecule has 2 rings (SSSR count). The number of hydrogen-bond acceptors (Lipinski definition) is 4. The summed E-state index contributed by atoms with van der Waals surface area (Å²) in [5, 5.41) is 8.80. The largest absolute Gasteiger partial charge is 0.478 e. The van der Waals surface area contributed by atoms with Crippen molar-refractivity contribution in [1.29, 1.82) is 0 Å². The average Bonchev–Trinajstić information content (AvgIpc) is 2.16. The molecule has 0 spiro atoms. The molecular weight excluding hydrogens is 182 g/mol. The molecule has 0 saturated carbocycles. The lowest BCUT2D eigenvalue weighted by Crippen LogP contribution is -2.02.